The SMILES string of the molecule is O=C(CC(S)C(=O)OC(=O)c1ccc(S)nc1)OC(=O)c1ccc(S)nc1. The van der Waals surface area contributed by atoms with E-state index in [0.29, 0.717) is 10.1 Å². The molecule has 0 aliphatic heterocycles. The zero-order chi connectivity index (χ0) is 20.0. The Labute approximate surface area is 169 Å². The lowest BCUT2D eigenvalue weighted by atomic mass is 10.2. The van der Waals surface area contributed by atoms with Gasteiger partial charge in [0.25, 0.3) is 0 Å². The van der Waals surface area contributed by atoms with E-state index in [1.807, 2.05) is 0 Å². The summed E-state index contributed by atoms with van der Waals surface area (Å²) >= 11 is 11.8. The van der Waals surface area contributed by atoms with Gasteiger partial charge in [0.1, 0.15) is 5.25 Å². The van der Waals surface area contributed by atoms with Gasteiger partial charge in [-0.15, -0.1) is 25.3 Å². The van der Waals surface area contributed by atoms with Crippen LogP contribution in [0.5, 0.6) is 0 Å². The fourth-order valence-corrected chi connectivity index (χ4v) is 2.14. The van der Waals surface area contributed by atoms with Crippen LogP contribution in [0.4, 0.5) is 0 Å². The first-order valence-electron chi connectivity index (χ1n) is 7.25. The summed E-state index contributed by atoms with van der Waals surface area (Å²) in [6, 6.07) is 5.64. The zero-order valence-electron chi connectivity index (χ0n) is 13.4. The van der Waals surface area contributed by atoms with Crippen LogP contribution in [0.3, 0.4) is 0 Å². The van der Waals surface area contributed by atoms with Crippen LogP contribution < -0.4 is 0 Å². The second kappa shape index (κ2) is 9.53. The third-order valence-corrected chi connectivity index (χ3v) is 3.92. The van der Waals surface area contributed by atoms with E-state index in [9.17, 15) is 19.2 Å². The summed E-state index contributed by atoms with van der Waals surface area (Å²) in [4.78, 5) is 54.8. The van der Waals surface area contributed by atoms with Crippen molar-refractivity contribution >= 4 is 61.8 Å². The first kappa shape index (κ1) is 20.9. The summed E-state index contributed by atoms with van der Waals surface area (Å²) in [5.74, 6) is -3.98. The summed E-state index contributed by atoms with van der Waals surface area (Å²) in [5, 5.41) is -0.527. The molecule has 0 N–H and O–H groups in total. The minimum atomic E-state index is -1.30. The predicted molar refractivity (Wildman–Crippen MR) is 101 cm³/mol. The summed E-state index contributed by atoms with van der Waals surface area (Å²) < 4.78 is 9.21. The molecule has 0 aromatic carbocycles. The standard InChI is InChI=1S/C16H12N2O6S3/c19-13(23-14(20)8-1-3-11(26)17-6-8)5-10(25)16(22)24-15(21)9-2-4-12(27)18-7-9/h1-4,6-7,10,25H,5H2,(H,17,26)(H,18,27). The Morgan fingerprint density at radius 2 is 1.33 bits per heavy atom. The molecule has 0 spiro atoms. The van der Waals surface area contributed by atoms with E-state index < -0.39 is 35.5 Å². The van der Waals surface area contributed by atoms with Crippen molar-refractivity contribution in [3.05, 3.63) is 47.8 Å². The molecule has 0 aliphatic rings. The zero-order valence-corrected chi connectivity index (χ0v) is 16.1. The van der Waals surface area contributed by atoms with E-state index in [-0.39, 0.29) is 11.1 Å². The Morgan fingerprint density at radius 3 is 1.78 bits per heavy atom. The minimum absolute atomic E-state index is 0.0274. The van der Waals surface area contributed by atoms with Crippen molar-refractivity contribution in [3.8, 4) is 0 Å². The smallest absolute Gasteiger partial charge is 0.347 e. The van der Waals surface area contributed by atoms with Crippen LogP contribution in [0.25, 0.3) is 0 Å². The molecule has 8 nitrogen and oxygen atoms in total. The van der Waals surface area contributed by atoms with Gasteiger partial charge in [0.05, 0.1) is 27.6 Å². The highest BCUT2D eigenvalue weighted by atomic mass is 32.1. The molecule has 2 rings (SSSR count). The maximum Gasteiger partial charge on any atom is 0.347 e. The molecule has 1 unspecified atom stereocenters. The van der Waals surface area contributed by atoms with Gasteiger partial charge in [0.2, 0.25) is 0 Å². The van der Waals surface area contributed by atoms with E-state index in [0.717, 1.165) is 0 Å². The predicted octanol–water partition coefficient (Wildman–Crippen LogP) is 1.81. The van der Waals surface area contributed by atoms with E-state index in [4.69, 9.17) is 0 Å². The van der Waals surface area contributed by atoms with Crippen LogP contribution in [0.15, 0.2) is 46.7 Å². The number of carbonyl (C=O) groups excluding carboxylic acids is 4. The molecule has 140 valence electrons. The molecule has 1 atom stereocenters. The Hall–Kier alpha value is -2.37. The first-order chi connectivity index (χ1) is 12.8. The van der Waals surface area contributed by atoms with Crippen molar-refractivity contribution in [2.24, 2.45) is 0 Å². The van der Waals surface area contributed by atoms with Crippen LogP contribution in [-0.4, -0.2) is 39.1 Å². The van der Waals surface area contributed by atoms with Crippen LogP contribution in [0, 0.1) is 0 Å². The molecule has 0 saturated heterocycles. The number of esters is 4. The molecule has 0 amide bonds. The van der Waals surface area contributed by atoms with E-state index in [1.165, 1.54) is 36.7 Å². The van der Waals surface area contributed by atoms with Crippen LogP contribution in [0.2, 0.25) is 0 Å². The van der Waals surface area contributed by atoms with Gasteiger partial charge in [-0.2, -0.15) is 12.6 Å². The van der Waals surface area contributed by atoms with E-state index in [2.05, 4.69) is 57.3 Å². The van der Waals surface area contributed by atoms with Crippen LogP contribution in [0.1, 0.15) is 27.1 Å². The van der Waals surface area contributed by atoms with Crippen molar-refractivity contribution in [2.75, 3.05) is 0 Å². The normalized spacial score (nSPS) is 11.4. The lowest BCUT2D eigenvalue weighted by molar-refractivity contribution is -0.143. The summed E-state index contributed by atoms with van der Waals surface area (Å²) in [5.41, 5.74) is 0.0642. The fraction of sp³-hybridized carbons (Fsp3) is 0.125. The number of rotatable bonds is 5. The average Bonchev–Trinajstić information content (AvgIpc) is 2.62. The molecule has 11 heteroatoms. The summed E-state index contributed by atoms with van der Waals surface area (Å²) in [6.07, 6.45) is 1.79. The molecule has 0 radical (unpaired) electrons. The molecule has 2 aromatic heterocycles. The molecule has 0 bridgehead atoms. The number of carbonyl (C=O) groups is 4. The Balaban J connectivity index is 1.86. The summed E-state index contributed by atoms with van der Waals surface area (Å²) in [7, 11) is 0. The third kappa shape index (κ3) is 6.38. The van der Waals surface area contributed by atoms with Gasteiger partial charge in [-0.05, 0) is 24.3 Å². The van der Waals surface area contributed by atoms with Crippen LogP contribution >= 0.6 is 37.9 Å². The van der Waals surface area contributed by atoms with E-state index in [1.54, 1.807) is 0 Å². The number of hydrogen-bond donors (Lipinski definition) is 3. The van der Waals surface area contributed by atoms with Gasteiger partial charge in [-0.1, -0.05) is 0 Å². The van der Waals surface area contributed by atoms with Gasteiger partial charge >= 0.3 is 23.9 Å². The molecular weight excluding hydrogens is 412 g/mol. The highest BCUT2D eigenvalue weighted by molar-refractivity contribution is 7.81. The molecule has 27 heavy (non-hydrogen) atoms. The number of pyridine rings is 2. The van der Waals surface area contributed by atoms with Gasteiger partial charge in [-0.3, -0.25) is 9.59 Å². The largest absolute Gasteiger partial charge is 0.389 e. The van der Waals surface area contributed by atoms with Crippen molar-refractivity contribution in [1.82, 2.24) is 9.97 Å². The van der Waals surface area contributed by atoms with E-state index >= 15 is 0 Å². The third-order valence-electron chi connectivity index (χ3n) is 3.00. The van der Waals surface area contributed by atoms with Crippen LogP contribution in [-0.2, 0) is 19.1 Å². The molecule has 0 fully saturated rings. The number of nitrogens with zero attached hydrogens (tertiary/aromatic N) is 2. The Morgan fingerprint density at radius 1 is 0.852 bits per heavy atom. The van der Waals surface area contributed by atoms with Crippen molar-refractivity contribution in [2.45, 2.75) is 21.7 Å². The van der Waals surface area contributed by atoms with Crippen molar-refractivity contribution in [3.63, 3.8) is 0 Å². The molecule has 2 aromatic rings. The maximum absolute atomic E-state index is 11.9. The monoisotopic (exact) mass is 424 g/mol. The van der Waals surface area contributed by atoms with Gasteiger partial charge in [-0.25, -0.2) is 19.6 Å². The second-order valence-corrected chi connectivity index (χ2v) is 6.54. The quantitative estimate of drug-likeness (QED) is 0.378. The number of ether oxygens (including phenoxy) is 2. The molecular formula is C16H12N2O6S3. The summed E-state index contributed by atoms with van der Waals surface area (Å²) in [6.45, 7) is 0. The highest BCUT2D eigenvalue weighted by Gasteiger charge is 2.25. The lowest BCUT2D eigenvalue weighted by Gasteiger charge is -2.09. The first-order valence-corrected chi connectivity index (χ1v) is 8.66. The van der Waals surface area contributed by atoms with Crippen molar-refractivity contribution < 1.29 is 28.7 Å². The number of thiol groups is 3. The maximum atomic E-state index is 11.9. The van der Waals surface area contributed by atoms with Gasteiger partial charge in [0.15, 0.2) is 0 Å². The topological polar surface area (TPSA) is 113 Å². The fourth-order valence-electron chi connectivity index (χ4n) is 1.68. The second-order valence-electron chi connectivity index (χ2n) is 5.00. The minimum Gasteiger partial charge on any atom is -0.389 e. The van der Waals surface area contributed by atoms with Gasteiger partial charge < -0.3 is 9.47 Å². The number of aromatic nitrogens is 2. The highest BCUT2D eigenvalue weighted by Crippen LogP contribution is 2.11. The van der Waals surface area contributed by atoms with Crippen molar-refractivity contribution in [1.29, 1.82) is 0 Å². The molecule has 2 heterocycles. The Kier molecular flexibility index (Phi) is 7.39. The molecule has 0 saturated carbocycles. The van der Waals surface area contributed by atoms with Gasteiger partial charge in [0, 0.05) is 12.4 Å². The average molecular weight is 424 g/mol. The molecule has 0 aliphatic carbocycles. The Bertz CT molecular complexity index is 871. The number of hydrogen-bond acceptors (Lipinski definition) is 11. The lowest BCUT2D eigenvalue weighted by Crippen LogP contribution is -2.26.